The summed E-state index contributed by atoms with van der Waals surface area (Å²) < 4.78 is 13.2. The number of hydrogen-bond acceptors (Lipinski definition) is 2. The first-order valence-corrected chi connectivity index (χ1v) is 8.77. The van der Waals surface area contributed by atoms with Gasteiger partial charge in [-0.15, -0.1) is 0 Å². The second kappa shape index (κ2) is 8.32. The third-order valence-corrected chi connectivity index (χ3v) is 4.68. The molecule has 6 heteroatoms. The van der Waals surface area contributed by atoms with E-state index in [4.69, 9.17) is 11.6 Å². The lowest BCUT2D eigenvalue weighted by Gasteiger charge is -2.34. The molecule has 4 nitrogen and oxygen atoms in total. The number of halogens is 2. The van der Waals surface area contributed by atoms with E-state index in [2.05, 4.69) is 34.5 Å². The summed E-state index contributed by atoms with van der Waals surface area (Å²) in [6.45, 7) is 4.05. The van der Waals surface area contributed by atoms with Gasteiger partial charge in [0.05, 0.1) is 5.02 Å². The van der Waals surface area contributed by atoms with Crippen molar-refractivity contribution in [1.29, 1.82) is 0 Å². The summed E-state index contributed by atoms with van der Waals surface area (Å²) >= 11 is 5.74. The van der Waals surface area contributed by atoms with E-state index < -0.39 is 5.82 Å². The average Bonchev–Trinajstić information content (AvgIpc) is 2.64. The van der Waals surface area contributed by atoms with Crippen molar-refractivity contribution in [3.63, 3.8) is 0 Å². The van der Waals surface area contributed by atoms with Gasteiger partial charge in [0.25, 0.3) is 0 Å². The van der Waals surface area contributed by atoms with Crippen LogP contribution in [0.5, 0.6) is 0 Å². The minimum atomic E-state index is -0.494. The Morgan fingerprint density at radius 2 is 1.80 bits per heavy atom. The molecule has 0 unspecified atom stereocenters. The number of nitrogens with one attached hydrogen (secondary N) is 1. The number of rotatable bonds is 4. The van der Waals surface area contributed by atoms with Crippen molar-refractivity contribution in [2.45, 2.75) is 6.42 Å². The van der Waals surface area contributed by atoms with Gasteiger partial charge in [-0.1, -0.05) is 41.9 Å². The van der Waals surface area contributed by atoms with Crippen molar-refractivity contribution in [3.8, 4) is 0 Å². The Hall–Kier alpha value is -2.11. The molecular weight excluding hydrogens is 341 g/mol. The maximum absolute atomic E-state index is 13.2. The van der Waals surface area contributed by atoms with Crippen molar-refractivity contribution in [1.82, 2.24) is 9.80 Å². The van der Waals surface area contributed by atoms with Gasteiger partial charge in [0.2, 0.25) is 0 Å². The van der Waals surface area contributed by atoms with E-state index in [1.165, 1.54) is 23.8 Å². The van der Waals surface area contributed by atoms with Gasteiger partial charge in [-0.3, -0.25) is 4.90 Å². The summed E-state index contributed by atoms with van der Waals surface area (Å²) in [7, 11) is 0. The fourth-order valence-electron chi connectivity index (χ4n) is 2.88. The molecular formula is C19H21ClFN3O. The first-order chi connectivity index (χ1) is 12.1. The monoisotopic (exact) mass is 361 g/mol. The number of amides is 2. The molecule has 0 saturated carbocycles. The SMILES string of the molecule is O=C(Nc1ccc(F)c(Cl)c1)N1CCN(CCc2ccccc2)CC1. The summed E-state index contributed by atoms with van der Waals surface area (Å²) in [5.41, 5.74) is 1.83. The van der Waals surface area contributed by atoms with Crippen molar-refractivity contribution in [2.24, 2.45) is 0 Å². The highest BCUT2D eigenvalue weighted by Crippen LogP contribution is 2.19. The third-order valence-electron chi connectivity index (χ3n) is 4.39. The van der Waals surface area contributed by atoms with Crippen LogP contribution in [0.1, 0.15) is 5.56 Å². The maximum Gasteiger partial charge on any atom is 0.321 e. The van der Waals surface area contributed by atoms with Crippen LogP contribution in [0, 0.1) is 5.82 Å². The van der Waals surface area contributed by atoms with E-state index in [0.717, 1.165) is 26.1 Å². The second-order valence-corrected chi connectivity index (χ2v) is 6.53. The molecule has 25 heavy (non-hydrogen) atoms. The van der Waals surface area contributed by atoms with Gasteiger partial charge < -0.3 is 10.2 Å². The predicted octanol–water partition coefficient (Wildman–Crippen LogP) is 3.87. The largest absolute Gasteiger partial charge is 0.322 e. The molecule has 2 aromatic rings. The molecule has 0 bridgehead atoms. The van der Waals surface area contributed by atoms with Gasteiger partial charge in [-0.05, 0) is 30.2 Å². The highest BCUT2D eigenvalue weighted by Gasteiger charge is 2.21. The van der Waals surface area contributed by atoms with E-state index in [1.807, 2.05) is 6.07 Å². The summed E-state index contributed by atoms with van der Waals surface area (Å²) in [5.74, 6) is -0.494. The number of anilines is 1. The highest BCUT2D eigenvalue weighted by atomic mass is 35.5. The molecule has 0 atom stereocenters. The van der Waals surface area contributed by atoms with Gasteiger partial charge in [0.1, 0.15) is 5.82 Å². The van der Waals surface area contributed by atoms with Gasteiger partial charge in [0.15, 0.2) is 0 Å². The highest BCUT2D eigenvalue weighted by molar-refractivity contribution is 6.31. The molecule has 1 N–H and O–H groups in total. The third kappa shape index (κ3) is 4.94. The first kappa shape index (κ1) is 17.7. The van der Waals surface area contributed by atoms with Crippen LogP contribution >= 0.6 is 11.6 Å². The zero-order valence-corrected chi connectivity index (χ0v) is 14.7. The first-order valence-electron chi connectivity index (χ1n) is 8.39. The summed E-state index contributed by atoms with van der Waals surface area (Å²) in [6.07, 6.45) is 1.01. The van der Waals surface area contributed by atoms with Gasteiger partial charge in [-0.2, -0.15) is 0 Å². The molecule has 0 aliphatic carbocycles. The minimum Gasteiger partial charge on any atom is -0.322 e. The molecule has 2 aromatic carbocycles. The number of nitrogens with zero attached hydrogens (tertiary/aromatic N) is 2. The molecule has 1 heterocycles. The average molecular weight is 362 g/mol. The van der Waals surface area contributed by atoms with Gasteiger partial charge in [0, 0.05) is 38.4 Å². The summed E-state index contributed by atoms with van der Waals surface area (Å²) in [5, 5.41) is 2.77. The second-order valence-electron chi connectivity index (χ2n) is 6.12. The molecule has 1 fully saturated rings. The molecule has 1 aliphatic rings. The van der Waals surface area contributed by atoms with Crippen LogP contribution in [0.2, 0.25) is 5.02 Å². The maximum atomic E-state index is 13.2. The Kier molecular flexibility index (Phi) is 5.89. The lowest BCUT2D eigenvalue weighted by molar-refractivity contribution is 0.148. The van der Waals surface area contributed by atoms with E-state index in [1.54, 1.807) is 4.90 Å². The lowest BCUT2D eigenvalue weighted by atomic mass is 10.1. The number of hydrogen-bond donors (Lipinski definition) is 1. The fourth-order valence-corrected chi connectivity index (χ4v) is 3.06. The molecule has 1 saturated heterocycles. The molecule has 132 valence electrons. The van der Waals surface area contributed by atoms with Crippen LogP contribution in [0.4, 0.5) is 14.9 Å². The van der Waals surface area contributed by atoms with E-state index in [0.29, 0.717) is 18.8 Å². The molecule has 2 amide bonds. The van der Waals surface area contributed by atoms with Crippen LogP contribution in [-0.2, 0) is 6.42 Å². The van der Waals surface area contributed by atoms with E-state index in [-0.39, 0.29) is 11.1 Å². The van der Waals surface area contributed by atoms with E-state index >= 15 is 0 Å². The molecule has 3 rings (SSSR count). The smallest absolute Gasteiger partial charge is 0.321 e. The van der Waals surface area contributed by atoms with Crippen LogP contribution in [0.25, 0.3) is 0 Å². The number of urea groups is 1. The van der Waals surface area contributed by atoms with Crippen LogP contribution in [0.15, 0.2) is 48.5 Å². The number of carbonyl (C=O) groups is 1. The number of benzene rings is 2. The summed E-state index contributed by atoms with van der Waals surface area (Å²) in [6, 6.07) is 14.4. The van der Waals surface area contributed by atoms with Gasteiger partial charge in [-0.25, -0.2) is 9.18 Å². The van der Waals surface area contributed by atoms with Crippen molar-refractivity contribution in [2.75, 3.05) is 38.0 Å². The summed E-state index contributed by atoms with van der Waals surface area (Å²) in [4.78, 5) is 16.4. The van der Waals surface area contributed by atoms with Crippen LogP contribution in [-0.4, -0.2) is 48.6 Å². The standard InChI is InChI=1S/C19H21ClFN3O/c20-17-14-16(6-7-18(17)21)22-19(25)24-12-10-23(11-13-24)9-8-15-4-2-1-3-5-15/h1-7,14H,8-13H2,(H,22,25). The Labute approximate surface area is 152 Å². The Morgan fingerprint density at radius 1 is 1.08 bits per heavy atom. The Bertz CT molecular complexity index is 718. The number of piperazine rings is 1. The minimum absolute atomic E-state index is 0.00327. The predicted molar refractivity (Wildman–Crippen MR) is 98.6 cm³/mol. The van der Waals surface area contributed by atoms with Crippen molar-refractivity contribution < 1.29 is 9.18 Å². The van der Waals surface area contributed by atoms with Crippen LogP contribution in [0.3, 0.4) is 0 Å². The zero-order valence-electron chi connectivity index (χ0n) is 13.9. The Balaban J connectivity index is 1.45. The quantitative estimate of drug-likeness (QED) is 0.897. The Morgan fingerprint density at radius 3 is 2.48 bits per heavy atom. The van der Waals surface area contributed by atoms with E-state index in [9.17, 15) is 9.18 Å². The topological polar surface area (TPSA) is 35.6 Å². The zero-order chi connectivity index (χ0) is 17.6. The fraction of sp³-hybridized carbons (Fsp3) is 0.316. The molecule has 0 aromatic heterocycles. The molecule has 0 radical (unpaired) electrons. The van der Waals surface area contributed by atoms with Gasteiger partial charge >= 0.3 is 6.03 Å². The molecule has 0 spiro atoms. The number of carbonyl (C=O) groups excluding carboxylic acids is 1. The van der Waals surface area contributed by atoms with Crippen molar-refractivity contribution >= 4 is 23.3 Å². The molecule has 1 aliphatic heterocycles. The normalized spacial score (nSPS) is 15.2. The lowest BCUT2D eigenvalue weighted by Crippen LogP contribution is -2.50. The van der Waals surface area contributed by atoms with Crippen molar-refractivity contribution in [3.05, 3.63) is 64.9 Å². The van der Waals surface area contributed by atoms with Crippen LogP contribution < -0.4 is 5.32 Å².